The second kappa shape index (κ2) is 9.19. The fourth-order valence-corrected chi connectivity index (χ4v) is 3.95. The number of carbonyl (C=O) groups is 1. The van der Waals surface area contributed by atoms with Gasteiger partial charge in [0.15, 0.2) is 0 Å². The van der Waals surface area contributed by atoms with E-state index < -0.39 is 5.60 Å². The summed E-state index contributed by atoms with van der Waals surface area (Å²) in [5.74, 6) is -0.306. The summed E-state index contributed by atoms with van der Waals surface area (Å²) in [5, 5.41) is 16.0. The van der Waals surface area contributed by atoms with Crippen molar-refractivity contribution in [1.82, 2.24) is 10.2 Å². The molecule has 30 heavy (non-hydrogen) atoms. The van der Waals surface area contributed by atoms with Gasteiger partial charge in [-0.05, 0) is 61.1 Å². The maximum absolute atomic E-state index is 12.7. The third kappa shape index (κ3) is 4.37. The monoisotopic (exact) mass is 442 g/mol. The highest BCUT2D eigenvalue weighted by atomic mass is 35.5. The van der Waals surface area contributed by atoms with Gasteiger partial charge in [0, 0.05) is 34.8 Å². The van der Waals surface area contributed by atoms with Gasteiger partial charge < -0.3 is 15.3 Å². The average Bonchev–Trinajstić information content (AvgIpc) is 2.73. The molecule has 0 aliphatic carbocycles. The Bertz CT molecular complexity index is 1050. The number of rotatable bonds is 6. The van der Waals surface area contributed by atoms with E-state index in [1.165, 1.54) is 0 Å². The summed E-state index contributed by atoms with van der Waals surface area (Å²) in [6, 6.07) is 19.6. The molecule has 0 heterocycles. The second-order valence-corrected chi connectivity index (χ2v) is 8.25. The average molecular weight is 443 g/mol. The number of hydrogen-bond donors (Lipinski definition) is 2. The third-order valence-corrected chi connectivity index (χ3v) is 5.49. The van der Waals surface area contributed by atoms with Gasteiger partial charge in [-0.25, -0.2) is 0 Å². The first-order chi connectivity index (χ1) is 14.3. The number of amides is 1. The van der Waals surface area contributed by atoms with Crippen LogP contribution < -0.4 is 5.32 Å². The summed E-state index contributed by atoms with van der Waals surface area (Å²) in [5.41, 5.74) is 1.33. The highest BCUT2D eigenvalue weighted by Gasteiger charge is 2.38. The first-order valence-corrected chi connectivity index (χ1v) is 10.3. The van der Waals surface area contributed by atoms with Gasteiger partial charge in [0.25, 0.3) is 5.91 Å². The third-order valence-electron chi connectivity index (χ3n) is 5.00. The minimum absolute atomic E-state index is 0.306. The van der Waals surface area contributed by atoms with E-state index in [9.17, 15) is 9.90 Å². The topological polar surface area (TPSA) is 52.6 Å². The highest BCUT2D eigenvalue weighted by Crippen LogP contribution is 2.41. The van der Waals surface area contributed by atoms with Crippen molar-refractivity contribution in [3.05, 3.63) is 105 Å². The summed E-state index contributed by atoms with van der Waals surface area (Å²) in [6.07, 6.45) is 0. The van der Waals surface area contributed by atoms with Crippen molar-refractivity contribution in [1.29, 1.82) is 0 Å². The van der Waals surface area contributed by atoms with Gasteiger partial charge in [-0.3, -0.25) is 4.79 Å². The maximum atomic E-state index is 12.7. The molecule has 3 rings (SSSR count). The SMILES string of the molecule is CNC(=O)c1ccc(Cl)cc1C(O)(c1ccc(Cl)cc1)c1ccccc1CN(C)C. The lowest BCUT2D eigenvalue weighted by molar-refractivity contribution is 0.0939. The minimum Gasteiger partial charge on any atom is -0.376 e. The van der Waals surface area contributed by atoms with E-state index in [0.717, 1.165) is 5.56 Å². The van der Waals surface area contributed by atoms with E-state index in [4.69, 9.17) is 23.2 Å². The van der Waals surface area contributed by atoms with Crippen LogP contribution in [0.15, 0.2) is 66.7 Å². The predicted octanol–water partition coefficient (Wildman–Crippen LogP) is 4.70. The number of nitrogens with zero attached hydrogens (tertiary/aromatic N) is 1. The molecule has 6 heteroatoms. The van der Waals surface area contributed by atoms with E-state index in [2.05, 4.69) is 5.32 Å². The van der Waals surface area contributed by atoms with Gasteiger partial charge in [-0.2, -0.15) is 0 Å². The molecule has 0 aliphatic heterocycles. The largest absolute Gasteiger partial charge is 0.376 e. The summed E-state index contributed by atoms with van der Waals surface area (Å²) in [6.45, 7) is 0.613. The van der Waals surface area contributed by atoms with Crippen LogP contribution in [0.2, 0.25) is 10.0 Å². The Balaban J connectivity index is 2.38. The van der Waals surface area contributed by atoms with Gasteiger partial charge >= 0.3 is 0 Å². The Morgan fingerprint density at radius 3 is 2.23 bits per heavy atom. The fraction of sp³-hybridized carbons (Fsp3) is 0.208. The fourth-order valence-electron chi connectivity index (χ4n) is 3.65. The zero-order chi connectivity index (χ0) is 21.9. The van der Waals surface area contributed by atoms with E-state index in [1.54, 1.807) is 49.5 Å². The van der Waals surface area contributed by atoms with Crippen LogP contribution in [-0.4, -0.2) is 37.1 Å². The van der Waals surface area contributed by atoms with Crippen molar-refractivity contribution in [2.45, 2.75) is 12.1 Å². The Morgan fingerprint density at radius 1 is 0.967 bits per heavy atom. The van der Waals surface area contributed by atoms with Crippen LogP contribution in [0, 0.1) is 0 Å². The Labute approximate surface area is 187 Å². The van der Waals surface area contributed by atoms with Gasteiger partial charge in [-0.15, -0.1) is 0 Å². The first kappa shape index (κ1) is 22.3. The molecule has 3 aromatic rings. The van der Waals surface area contributed by atoms with Crippen LogP contribution >= 0.6 is 23.2 Å². The molecular formula is C24H24Cl2N2O2. The molecule has 2 N–H and O–H groups in total. The summed E-state index contributed by atoms with van der Waals surface area (Å²) >= 11 is 12.4. The molecule has 0 saturated heterocycles. The molecule has 0 fully saturated rings. The number of hydrogen-bond acceptors (Lipinski definition) is 3. The molecular weight excluding hydrogens is 419 g/mol. The molecule has 4 nitrogen and oxygen atoms in total. The molecule has 0 spiro atoms. The standard InChI is InChI=1S/C24H24Cl2N2O2/c1-27-23(29)20-13-12-19(26)14-22(20)24(30,17-8-10-18(25)11-9-17)21-7-5-4-6-16(21)15-28(2)3/h4-14,30H,15H2,1-3H3,(H,27,29). The quantitative estimate of drug-likeness (QED) is 0.543. The molecule has 156 valence electrons. The summed E-state index contributed by atoms with van der Waals surface area (Å²) in [4.78, 5) is 14.7. The van der Waals surface area contributed by atoms with Gasteiger partial charge in [0.2, 0.25) is 0 Å². The predicted molar refractivity (Wildman–Crippen MR) is 122 cm³/mol. The minimum atomic E-state index is -1.62. The van der Waals surface area contributed by atoms with E-state index >= 15 is 0 Å². The molecule has 1 amide bonds. The van der Waals surface area contributed by atoms with E-state index in [-0.39, 0.29) is 5.91 Å². The van der Waals surface area contributed by atoms with E-state index in [1.807, 2.05) is 43.3 Å². The van der Waals surface area contributed by atoms with Gasteiger partial charge in [-0.1, -0.05) is 59.6 Å². The normalized spacial score (nSPS) is 13.2. The lowest BCUT2D eigenvalue weighted by Crippen LogP contribution is -2.34. The highest BCUT2D eigenvalue weighted by molar-refractivity contribution is 6.31. The van der Waals surface area contributed by atoms with Crippen LogP contribution in [0.1, 0.15) is 32.6 Å². The number of aliphatic hydroxyl groups is 1. The number of carbonyl (C=O) groups excluding carboxylic acids is 1. The van der Waals surface area contributed by atoms with Crippen LogP contribution in [0.4, 0.5) is 0 Å². The molecule has 0 bridgehead atoms. The zero-order valence-electron chi connectivity index (χ0n) is 17.1. The van der Waals surface area contributed by atoms with E-state index in [0.29, 0.717) is 38.8 Å². The van der Waals surface area contributed by atoms with Crippen LogP contribution in [0.5, 0.6) is 0 Å². The molecule has 1 unspecified atom stereocenters. The van der Waals surface area contributed by atoms with Crippen molar-refractivity contribution in [3.63, 3.8) is 0 Å². The van der Waals surface area contributed by atoms with Crippen molar-refractivity contribution < 1.29 is 9.90 Å². The molecule has 3 aromatic carbocycles. The smallest absolute Gasteiger partial charge is 0.251 e. The summed E-state index contributed by atoms with van der Waals surface area (Å²) < 4.78 is 0. The van der Waals surface area contributed by atoms with Crippen LogP contribution in [0.25, 0.3) is 0 Å². The Kier molecular flexibility index (Phi) is 6.84. The maximum Gasteiger partial charge on any atom is 0.251 e. The molecule has 0 saturated carbocycles. The molecule has 1 atom stereocenters. The van der Waals surface area contributed by atoms with Crippen molar-refractivity contribution >= 4 is 29.1 Å². The second-order valence-electron chi connectivity index (χ2n) is 7.38. The number of benzene rings is 3. The lowest BCUT2D eigenvalue weighted by Gasteiger charge is -2.34. The Morgan fingerprint density at radius 2 is 1.60 bits per heavy atom. The zero-order valence-corrected chi connectivity index (χ0v) is 18.6. The van der Waals surface area contributed by atoms with Crippen LogP contribution in [0.3, 0.4) is 0 Å². The van der Waals surface area contributed by atoms with Gasteiger partial charge in [0.1, 0.15) is 5.60 Å². The first-order valence-electron chi connectivity index (χ1n) is 9.51. The van der Waals surface area contributed by atoms with Crippen molar-refractivity contribution in [2.24, 2.45) is 0 Å². The number of nitrogens with one attached hydrogen (secondary N) is 1. The van der Waals surface area contributed by atoms with Crippen molar-refractivity contribution in [3.8, 4) is 0 Å². The molecule has 0 aliphatic rings. The molecule has 0 aromatic heterocycles. The van der Waals surface area contributed by atoms with Crippen LogP contribution in [-0.2, 0) is 12.1 Å². The Hall–Kier alpha value is -2.37. The van der Waals surface area contributed by atoms with Crippen molar-refractivity contribution in [2.75, 3.05) is 21.1 Å². The van der Waals surface area contributed by atoms with Gasteiger partial charge in [0.05, 0.1) is 0 Å². The molecule has 0 radical (unpaired) electrons. The number of halogens is 2. The summed E-state index contributed by atoms with van der Waals surface area (Å²) in [7, 11) is 5.49. The lowest BCUT2D eigenvalue weighted by atomic mass is 9.76.